The Hall–Kier alpha value is -1.55. The van der Waals surface area contributed by atoms with Gasteiger partial charge in [0.25, 0.3) is 5.91 Å². The summed E-state index contributed by atoms with van der Waals surface area (Å²) in [6.45, 7) is 8.79. The molecular weight excluding hydrogens is 254 g/mol. The van der Waals surface area contributed by atoms with Crippen molar-refractivity contribution in [3.05, 3.63) is 29.3 Å². The molecule has 0 aliphatic carbocycles. The summed E-state index contributed by atoms with van der Waals surface area (Å²) in [6.07, 6.45) is 0. The molecule has 0 bridgehead atoms. The van der Waals surface area contributed by atoms with Crippen LogP contribution in [-0.2, 0) is 9.53 Å². The first-order chi connectivity index (χ1) is 9.43. The Morgan fingerprint density at radius 3 is 2.55 bits per heavy atom. The largest absolute Gasteiger partial charge is 0.484 e. The molecule has 0 heterocycles. The lowest BCUT2D eigenvalue weighted by Gasteiger charge is -2.14. The fourth-order valence-corrected chi connectivity index (χ4v) is 2.14. The standard InChI is InChI=1S/C16H25NO3/c1-11(2)15-7-6-14(8-12(15)3)20-10-16(18)17-13(4)9-19-5/h6-8,11,13H,9-10H2,1-5H3,(H,17,18). The van der Waals surface area contributed by atoms with Crippen LogP contribution in [0.15, 0.2) is 18.2 Å². The van der Waals surface area contributed by atoms with Gasteiger partial charge in [-0.25, -0.2) is 0 Å². The summed E-state index contributed by atoms with van der Waals surface area (Å²) in [5.74, 6) is 1.07. The van der Waals surface area contributed by atoms with E-state index in [1.807, 2.05) is 19.1 Å². The van der Waals surface area contributed by atoms with Crippen molar-refractivity contribution in [1.29, 1.82) is 0 Å². The number of carbonyl (C=O) groups is 1. The van der Waals surface area contributed by atoms with Gasteiger partial charge in [-0.1, -0.05) is 19.9 Å². The minimum Gasteiger partial charge on any atom is -0.484 e. The normalized spacial score (nSPS) is 12.3. The van der Waals surface area contributed by atoms with Crippen LogP contribution < -0.4 is 10.1 Å². The van der Waals surface area contributed by atoms with Gasteiger partial charge in [0.2, 0.25) is 0 Å². The van der Waals surface area contributed by atoms with E-state index >= 15 is 0 Å². The minimum atomic E-state index is -0.139. The van der Waals surface area contributed by atoms with Crippen LogP contribution in [0.5, 0.6) is 5.75 Å². The number of benzene rings is 1. The van der Waals surface area contributed by atoms with E-state index in [0.717, 1.165) is 5.75 Å². The van der Waals surface area contributed by atoms with E-state index in [-0.39, 0.29) is 18.6 Å². The van der Waals surface area contributed by atoms with Crippen molar-refractivity contribution >= 4 is 5.91 Å². The van der Waals surface area contributed by atoms with Crippen molar-refractivity contribution in [2.24, 2.45) is 0 Å². The minimum absolute atomic E-state index is 0.0128. The highest BCUT2D eigenvalue weighted by molar-refractivity contribution is 5.77. The van der Waals surface area contributed by atoms with E-state index in [1.165, 1.54) is 11.1 Å². The zero-order valence-electron chi connectivity index (χ0n) is 13.0. The van der Waals surface area contributed by atoms with Gasteiger partial charge in [-0.15, -0.1) is 0 Å². The molecule has 1 aromatic carbocycles. The smallest absolute Gasteiger partial charge is 0.258 e. The van der Waals surface area contributed by atoms with Gasteiger partial charge in [-0.2, -0.15) is 0 Å². The molecule has 0 radical (unpaired) electrons. The van der Waals surface area contributed by atoms with Gasteiger partial charge in [-0.3, -0.25) is 4.79 Å². The average molecular weight is 279 g/mol. The number of ether oxygens (including phenoxy) is 2. The molecular formula is C16H25NO3. The second kappa shape index (κ2) is 7.90. The summed E-state index contributed by atoms with van der Waals surface area (Å²) in [4.78, 5) is 11.7. The molecule has 1 amide bonds. The highest BCUT2D eigenvalue weighted by Crippen LogP contribution is 2.23. The van der Waals surface area contributed by atoms with Gasteiger partial charge >= 0.3 is 0 Å². The first-order valence-electron chi connectivity index (χ1n) is 6.95. The third-order valence-electron chi connectivity index (χ3n) is 3.06. The molecule has 0 aliphatic rings. The third-order valence-corrected chi connectivity index (χ3v) is 3.06. The molecule has 0 fully saturated rings. The molecule has 20 heavy (non-hydrogen) atoms. The van der Waals surface area contributed by atoms with Crippen molar-refractivity contribution in [2.45, 2.75) is 39.7 Å². The number of hydrogen-bond acceptors (Lipinski definition) is 3. The molecule has 0 aliphatic heterocycles. The zero-order valence-corrected chi connectivity index (χ0v) is 13.0. The Morgan fingerprint density at radius 2 is 2.00 bits per heavy atom. The maximum atomic E-state index is 11.7. The predicted molar refractivity (Wildman–Crippen MR) is 80.2 cm³/mol. The topological polar surface area (TPSA) is 47.6 Å². The van der Waals surface area contributed by atoms with Gasteiger partial charge in [0.15, 0.2) is 6.61 Å². The van der Waals surface area contributed by atoms with Crippen molar-refractivity contribution in [3.8, 4) is 5.75 Å². The summed E-state index contributed by atoms with van der Waals surface area (Å²) in [5.41, 5.74) is 2.49. The molecule has 4 heteroatoms. The van der Waals surface area contributed by atoms with Crippen molar-refractivity contribution in [1.82, 2.24) is 5.32 Å². The van der Waals surface area contributed by atoms with Crippen molar-refractivity contribution in [3.63, 3.8) is 0 Å². The highest BCUT2D eigenvalue weighted by Gasteiger charge is 2.09. The number of methoxy groups -OCH3 is 1. The summed E-state index contributed by atoms with van der Waals surface area (Å²) in [5, 5.41) is 2.81. The Bertz CT molecular complexity index is 443. The molecule has 112 valence electrons. The second-order valence-corrected chi connectivity index (χ2v) is 5.39. The van der Waals surface area contributed by atoms with E-state index in [1.54, 1.807) is 7.11 Å². The van der Waals surface area contributed by atoms with Gasteiger partial charge in [0.05, 0.1) is 6.61 Å². The number of carbonyl (C=O) groups excluding carboxylic acids is 1. The Kier molecular flexibility index (Phi) is 6.52. The molecule has 1 atom stereocenters. The fraction of sp³-hybridized carbons (Fsp3) is 0.562. The zero-order chi connectivity index (χ0) is 15.1. The van der Waals surface area contributed by atoms with Crippen LogP contribution in [0.4, 0.5) is 0 Å². The van der Waals surface area contributed by atoms with E-state index in [9.17, 15) is 4.79 Å². The molecule has 0 aromatic heterocycles. The van der Waals surface area contributed by atoms with Gasteiger partial charge in [0, 0.05) is 13.2 Å². The van der Waals surface area contributed by atoms with Crippen LogP contribution in [-0.4, -0.2) is 32.3 Å². The lowest BCUT2D eigenvalue weighted by atomic mass is 9.98. The highest BCUT2D eigenvalue weighted by atomic mass is 16.5. The number of amides is 1. The van der Waals surface area contributed by atoms with E-state index < -0.39 is 0 Å². The summed E-state index contributed by atoms with van der Waals surface area (Å²) in [7, 11) is 1.61. The average Bonchev–Trinajstić information content (AvgIpc) is 2.36. The Morgan fingerprint density at radius 1 is 1.30 bits per heavy atom. The Balaban J connectivity index is 2.49. The SMILES string of the molecule is COCC(C)NC(=O)COc1ccc(C(C)C)c(C)c1. The van der Waals surface area contributed by atoms with Crippen molar-refractivity contribution in [2.75, 3.05) is 20.3 Å². The molecule has 4 nitrogen and oxygen atoms in total. The first-order valence-corrected chi connectivity index (χ1v) is 6.95. The van der Waals surface area contributed by atoms with E-state index in [0.29, 0.717) is 12.5 Å². The van der Waals surface area contributed by atoms with Crippen LogP contribution in [0, 0.1) is 6.92 Å². The van der Waals surface area contributed by atoms with Crippen LogP contribution in [0.3, 0.4) is 0 Å². The molecule has 1 unspecified atom stereocenters. The number of nitrogens with one attached hydrogen (secondary N) is 1. The fourth-order valence-electron chi connectivity index (χ4n) is 2.14. The van der Waals surface area contributed by atoms with Crippen LogP contribution in [0.25, 0.3) is 0 Å². The van der Waals surface area contributed by atoms with E-state index in [4.69, 9.17) is 9.47 Å². The van der Waals surface area contributed by atoms with Crippen LogP contribution in [0.1, 0.15) is 37.8 Å². The number of hydrogen-bond donors (Lipinski definition) is 1. The molecule has 0 spiro atoms. The lowest BCUT2D eigenvalue weighted by molar-refractivity contribution is -0.124. The lowest BCUT2D eigenvalue weighted by Crippen LogP contribution is -2.38. The molecule has 0 saturated heterocycles. The summed E-state index contributed by atoms with van der Waals surface area (Å²) in [6, 6.07) is 5.93. The molecule has 0 saturated carbocycles. The first kappa shape index (κ1) is 16.5. The predicted octanol–water partition coefficient (Wildman–Crippen LogP) is 2.65. The van der Waals surface area contributed by atoms with Gasteiger partial charge < -0.3 is 14.8 Å². The quantitative estimate of drug-likeness (QED) is 0.834. The summed E-state index contributed by atoms with van der Waals surface area (Å²) >= 11 is 0. The van der Waals surface area contributed by atoms with Crippen LogP contribution >= 0.6 is 0 Å². The maximum Gasteiger partial charge on any atom is 0.258 e. The van der Waals surface area contributed by atoms with Gasteiger partial charge in [-0.05, 0) is 43.0 Å². The summed E-state index contributed by atoms with van der Waals surface area (Å²) < 4.78 is 10.5. The third kappa shape index (κ3) is 5.21. The van der Waals surface area contributed by atoms with Gasteiger partial charge in [0.1, 0.15) is 5.75 Å². The Labute approximate surface area is 121 Å². The number of aryl methyl sites for hydroxylation is 1. The van der Waals surface area contributed by atoms with E-state index in [2.05, 4.69) is 32.2 Å². The molecule has 1 N–H and O–H groups in total. The second-order valence-electron chi connectivity index (χ2n) is 5.39. The van der Waals surface area contributed by atoms with Crippen LogP contribution in [0.2, 0.25) is 0 Å². The molecule has 1 rings (SSSR count). The van der Waals surface area contributed by atoms with Crippen molar-refractivity contribution < 1.29 is 14.3 Å². The molecule has 1 aromatic rings. The monoisotopic (exact) mass is 279 g/mol. The maximum absolute atomic E-state index is 11.7. The number of rotatable bonds is 7.